The number of carbonyl (C=O) groups excluding carboxylic acids is 1. The Morgan fingerprint density at radius 1 is 1.32 bits per heavy atom. The number of rotatable bonds is 4. The highest BCUT2D eigenvalue weighted by atomic mass is 79.9. The molecule has 0 radical (unpaired) electrons. The molecule has 1 amide bonds. The van der Waals surface area contributed by atoms with Crippen molar-refractivity contribution in [2.75, 3.05) is 5.32 Å². The second-order valence-electron chi connectivity index (χ2n) is 4.53. The maximum absolute atomic E-state index is 11.8. The Balaban J connectivity index is 2.41. The number of hydrogen-bond donors (Lipinski definition) is 2. The van der Waals surface area contributed by atoms with E-state index in [1.165, 1.54) is 0 Å². The minimum absolute atomic E-state index is 0.468. The van der Waals surface area contributed by atoms with Gasteiger partial charge in [-0.2, -0.15) is 0 Å². The van der Waals surface area contributed by atoms with Gasteiger partial charge >= 0.3 is 0 Å². The predicted molar refractivity (Wildman–Crippen MR) is 77.8 cm³/mol. The summed E-state index contributed by atoms with van der Waals surface area (Å²) in [6, 6.07) is 11.1. The third-order valence-electron chi connectivity index (χ3n) is 3.09. The van der Waals surface area contributed by atoms with E-state index in [-0.39, 0.29) is 0 Å². The van der Waals surface area contributed by atoms with Crippen LogP contribution in [-0.2, 0) is 10.3 Å². The molecule has 0 fully saturated rings. The lowest BCUT2D eigenvalue weighted by molar-refractivity contribution is -0.122. The zero-order valence-corrected chi connectivity index (χ0v) is 12.3. The zero-order chi connectivity index (χ0) is 14.0. The summed E-state index contributed by atoms with van der Waals surface area (Å²) in [5.74, 6) is -0.0345. The number of amides is 1. The number of carbonyl (C=O) groups is 1. The van der Waals surface area contributed by atoms with E-state index in [1.807, 2.05) is 31.2 Å². The smallest absolute Gasteiger partial charge is 0.250 e. The molecule has 0 bridgehead atoms. The van der Waals surface area contributed by atoms with Gasteiger partial charge in [-0.3, -0.25) is 4.79 Å². The molecule has 1 aromatic heterocycles. The molecule has 2 aromatic rings. The monoisotopic (exact) mass is 322 g/mol. The molecule has 0 aliphatic heterocycles. The first-order valence-corrected chi connectivity index (χ1v) is 6.62. The second-order valence-corrected chi connectivity index (χ2v) is 5.31. The van der Waals surface area contributed by atoms with Crippen LogP contribution in [0.5, 0.6) is 0 Å². The van der Waals surface area contributed by atoms with Crippen molar-refractivity contribution in [3.8, 4) is 0 Å². The Hall–Kier alpha value is -1.75. The van der Waals surface area contributed by atoms with Crippen molar-refractivity contribution in [1.29, 1.82) is 0 Å². The summed E-state index contributed by atoms with van der Waals surface area (Å²) in [4.78, 5) is 11.8. The van der Waals surface area contributed by atoms with Crippen molar-refractivity contribution in [3.63, 3.8) is 0 Å². The average Bonchev–Trinajstić information content (AvgIpc) is 2.79. The van der Waals surface area contributed by atoms with Crippen LogP contribution in [0.1, 0.15) is 18.2 Å². The summed E-state index contributed by atoms with van der Waals surface area (Å²) in [6.45, 7) is 3.66. The maximum atomic E-state index is 11.8. The molecule has 0 saturated heterocycles. The lowest BCUT2D eigenvalue weighted by Crippen LogP contribution is -2.45. The molecular weight excluding hydrogens is 308 g/mol. The minimum atomic E-state index is -1.10. The van der Waals surface area contributed by atoms with Gasteiger partial charge in [0.25, 0.3) is 5.91 Å². The Morgan fingerprint density at radius 2 is 2.00 bits per heavy atom. The topological polar surface area (TPSA) is 68.3 Å². The lowest BCUT2D eigenvalue weighted by Gasteiger charge is -2.27. The fourth-order valence-electron chi connectivity index (χ4n) is 1.81. The van der Waals surface area contributed by atoms with Crippen molar-refractivity contribution in [2.24, 2.45) is 5.73 Å². The number of aryl methyl sites for hydroxylation is 1. The molecule has 1 atom stereocenters. The molecule has 4 nitrogen and oxygen atoms in total. The van der Waals surface area contributed by atoms with Crippen LogP contribution in [0.4, 0.5) is 5.69 Å². The molecular formula is C14H15BrN2O2. The Bertz CT molecular complexity index is 609. The van der Waals surface area contributed by atoms with Gasteiger partial charge in [-0.05, 0) is 53.5 Å². The van der Waals surface area contributed by atoms with E-state index in [9.17, 15) is 4.79 Å². The summed E-state index contributed by atoms with van der Waals surface area (Å²) >= 11 is 3.23. The number of benzene rings is 1. The quantitative estimate of drug-likeness (QED) is 0.908. The summed E-state index contributed by atoms with van der Waals surface area (Å²) in [7, 11) is 0. The van der Waals surface area contributed by atoms with Crippen molar-refractivity contribution >= 4 is 27.5 Å². The molecule has 0 saturated carbocycles. The van der Waals surface area contributed by atoms with Crippen LogP contribution in [0.15, 0.2) is 45.5 Å². The number of para-hydroxylation sites is 1. The van der Waals surface area contributed by atoms with Gasteiger partial charge in [-0.1, -0.05) is 18.2 Å². The van der Waals surface area contributed by atoms with Crippen LogP contribution in [-0.4, -0.2) is 5.91 Å². The van der Waals surface area contributed by atoms with E-state index in [1.54, 1.807) is 19.1 Å². The van der Waals surface area contributed by atoms with Crippen molar-refractivity contribution in [3.05, 3.63) is 52.4 Å². The molecule has 1 heterocycles. The number of hydrogen-bond acceptors (Lipinski definition) is 3. The van der Waals surface area contributed by atoms with Crippen LogP contribution in [0.25, 0.3) is 0 Å². The largest absolute Gasteiger partial charge is 0.451 e. The molecule has 3 N–H and O–H groups in total. The number of halogens is 1. The van der Waals surface area contributed by atoms with Gasteiger partial charge < -0.3 is 15.5 Å². The molecule has 100 valence electrons. The summed E-state index contributed by atoms with van der Waals surface area (Å²) in [5, 5.41) is 3.16. The van der Waals surface area contributed by atoms with Gasteiger partial charge in [-0.25, -0.2) is 0 Å². The van der Waals surface area contributed by atoms with Crippen LogP contribution in [0.3, 0.4) is 0 Å². The third kappa shape index (κ3) is 2.66. The number of primary amides is 1. The SMILES string of the molecule is Cc1ccccc1NC(C)(C(N)=O)c1ccc(Br)o1. The maximum Gasteiger partial charge on any atom is 0.250 e. The van der Waals surface area contributed by atoms with Gasteiger partial charge in [-0.15, -0.1) is 0 Å². The van der Waals surface area contributed by atoms with Crippen LogP contribution in [0.2, 0.25) is 0 Å². The highest BCUT2D eigenvalue weighted by Gasteiger charge is 2.36. The highest BCUT2D eigenvalue weighted by Crippen LogP contribution is 2.30. The molecule has 0 aliphatic carbocycles. The highest BCUT2D eigenvalue weighted by molar-refractivity contribution is 9.10. The Kier molecular flexibility index (Phi) is 3.66. The van der Waals surface area contributed by atoms with Gasteiger partial charge in [0.15, 0.2) is 10.2 Å². The second kappa shape index (κ2) is 5.09. The van der Waals surface area contributed by atoms with Crippen LogP contribution < -0.4 is 11.1 Å². The molecule has 1 aromatic carbocycles. The first-order valence-electron chi connectivity index (χ1n) is 5.83. The van der Waals surface area contributed by atoms with Crippen molar-refractivity contribution in [1.82, 2.24) is 0 Å². The first-order chi connectivity index (χ1) is 8.93. The number of nitrogens with two attached hydrogens (primary N) is 1. The summed E-state index contributed by atoms with van der Waals surface area (Å²) in [6.07, 6.45) is 0. The fourth-order valence-corrected chi connectivity index (χ4v) is 2.12. The fraction of sp³-hybridized carbons (Fsp3) is 0.214. The van der Waals surface area contributed by atoms with E-state index < -0.39 is 11.4 Å². The molecule has 0 aliphatic rings. The minimum Gasteiger partial charge on any atom is -0.451 e. The predicted octanol–water partition coefficient (Wildman–Crippen LogP) is 3.16. The number of nitrogens with one attached hydrogen (secondary N) is 1. The molecule has 19 heavy (non-hydrogen) atoms. The van der Waals surface area contributed by atoms with Gasteiger partial charge in [0, 0.05) is 5.69 Å². The normalized spacial score (nSPS) is 13.8. The zero-order valence-electron chi connectivity index (χ0n) is 10.7. The van der Waals surface area contributed by atoms with E-state index in [4.69, 9.17) is 10.2 Å². The van der Waals surface area contributed by atoms with Crippen molar-refractivity contribution < 1.29 is 9.21 Å². The molecule has 2 rings (SSSR count). The average molecular weight is 323 g/mol. The third-order valence-corrected chi connectivity index (χ3v) is 3.51. The van der Waals surface area contributed by atoms with Crippen LogP contribution in [0, 0.1) is 6.92 Å². The van der Waals surface area contributed by atoms with Gasteiger partial charge in [0.2, 0.25) is 0 Å². The van der Waals surface area contributed by atoms with Crippen molar-refractivity contribution in [2.45, 2.75) is 19.4 Å². The Morgan fingerprint density at radius 3 is 2.53 bits per heavy atom. The summed E-state index contributed by atoms with van der Waals surface area (Å²) in [5.41, 5.74) is 6.31. The molecule has 1 unspecified atom stereocenters. The van der Waals surface area contributed by atoms with E-state index in [0.717, 1.165) is 11.3 Å². The molecule has 5 heteroatoms. The first kappa shape index (κ1) is 13.7. The van der Waals surface area contributed by atoms with E-state index in [0.29, 0.717) is 10.4 Å². The van der Waals surface area contributed by atoms with E-state index >= 15 is 0 Å². The summed E-state index contributed by atoms with van der Waals surface area (Å²) < 4.78 is 6.03. The van der Waals surface area contributed by atoms with Gasteiger partial charge in [0.05, 0.1) is 0 Å². The standard InChI is InChI=1S/C14H15BrN2O2/c1-9-5-3-4-6-10(9)17-14(2,13(16)18)11-7-8-12(15)19-11/h3-8,17H,1-2H3,(H2,16,18). The number of anilines is 1. The van der Waals surface area contributed by atoms with E-state index in [2.05, 4.69) is 21.2 Å². The molecule has 0 spiro atoms. The lowest BCUT2D eigenvalue weighted by atomic mass is 9.97. The Labute approximate surface area is 120 Å². The van der Waals surface area contributed by atoms with Crippen LogP contribution >= 0.6 is 15.9 Å². The number of furan rings is 1. The van der Waals surface area contributed by atoms with Gasteiger partial charge in [0.1, 0.15) is 5.76 Å².